The summed E-state index contributed by atoms with van der Waals surface area (Å²) in [5, 5.41) is 33.6. The van der Waals surface area contributed by atoms with Crippen molar-refractivity contribution < 1.29 is 24.9 Å². The molecule has 0 fully saturated rings. The molecule has 4 unspecified atom stereocenters. The fourth-order valence-corrected chi connectivity index (χ4v) is 7.17. The van der Waals surface area contributed by atoms with Crippen molar-refractivity contribution >= 4 is 11.7 Å². The van der Waals surface area contributed by atoms with Crippen LogP contribution in [0.15, 0.2) is 71.2 Å². The van der Waals surface area contributed by atoms with Crippen LogP contribution >= 0.6 is 0 Å². The van der Waals surface area contributed by atoms with Gasteiger partial charge in [0.05, 0.1) is 17.2 Å². The number of carbonyl (C=O) groups excluding carboxylic acids is 2. The summed E-state index contributed by atoms with van der Waals surface area (Å²) in [4.78, 5) is 30.3. The lowest BCUT2D eigenvalue weighted by atomic mass is 9.60. The number of rotatable bonds is 7. The molecule has 0 heterocycles. The Morgan fingerprint density at radius 1 is 1.10 bits per heavy atom. The Hall–Kier alpha value is -3.92. The van der Waals surface area contributed by atoms with Crippen LogP contribution < -0.4 is 11.5 Å². The van der Waals surface area contributed by atoms with Crippen LogP contribution in [0.25, 0.3) is 11.1 Å². The number of amides is 1. The molecule has 0 aromatic heterocycles. The zero-order valence-corrected chi connectivity index (χ0v) is 23.7. The number of ketones is 1. The van der Waals surface area contributed by atoms with Crippen molar-refractivity contribution in [3.63, 3.8) is 0 Å². The molecule has 0 saturated carbocycles. The Labute approximate surface area is 240 Å². The van der Waals surface area contributed by atoms with Gasteiger partial charge in [-0.25, -0.2) is 0 Å². The van der Waals surface area contributed by atoms with Gasteiger partial charge in [-0.15, -0.1) is 0 Å². The molecule has 1 amide bonds. The number of aliphatic hydroxyl groups excluding tert-OH is 2. The van der Waals surface area contributed by atoms with E-state index >= 15 is 0 Å². The molecule has 0 saturated heterocycles. The second-order valence-corrected chi connectivity index (χ2v) is 11.7. The van der Waals surface area contributed by atoms with E-state index in [0.29, 0.717) is 19.4 Å². The maximum atomic E-state index is 14.0. The van der Waals surface area contributed by atoms with Gasteiger partial charge in [-0.1, -0.05) is 30.8 Å². The third kappa shape index (κ3) is 4.73. The van der Waals surface area contributed by atoms with Gasteiger partial charge in [0.1, 0.15) is 17.3 Å². The van der Waals surface area contributed by atoms with E-state index in [-0.39, 0.29) is 51.4 Å². The van der Waals surface area contributed by atoms with Crippen LogP contribution in [-0.4, -0.2) is 77.1 Å². The summed E-state index contributed by atoms with van der Waals surface area (Å²) >= 11 is 0. The number of nitrogens with zero attached hydrogens (tertiary/aromatic N) is 2. The minimum absolute atomic E-state index is 0.110. The number of phenolic OH excluding ortho intramolecular Hbond substituents is 1. The molecule has 4 atom stereocenters. The number of allylic oxidation sites excluding steroid dienone is 2. The Morgan fingerprint density at radius 3 is 2.49 bits per heavy atom. The summed E-state index contributed by atoms with van der Waals surface area (Å²) in [6.07, 6.45) is 0.886. The second-order valence-electron chi connectivity index (χ2n) is 11.7. The van der Waals surface area contributed by atoms with Crippen molar-refractivity contribution in [1.29, 1.82) is 0 Å². The maximum absolute atomic E-state index is 14.0. The number of primary amides is 1. The highest BCUT2D eigenvalue weighted by Crippen LogP contribution is 2.53. The highest BCUT2D eigenvalue weighted by atomic mass is 16.3. The normalized spacial score (nSPS) is 24.0. The summed E-state index contributed by atoms with van der Waals surface area (Å²) in [6, 6.07) is 10.9. The van der Waals surface area contributed by atoms with E-state index < -0.39 is 23.7 Å². The van der Waals surface area contributed by atoms with Crippen molar-refractivity contribution in [3.05, 3.63) is 87.9 Å². The number of fused-ring (bicyclic) bond motifs is 3. The number of Topliss-reactive ketones (excluding diaryl/α,β-unsaturated/α-hetero) is 1. The number of carbonyl (C=O) groups is 2. The Bertz CT molecular complexity index is 1510. The van der Waals surface area contributed by atoms with Crippen molar-refractivity contribution in [1.82, 2.24) is 9.80 Å². The number of aromatic hydroxyl groups is 1. The summed E-state index contributed by atoms with van der Waals surface area (Å²) in [5.41, 5.74) is 15.4. The van der Waals surface area contributed by atoms with Crippen LogP contribution in [0.5, 0.6) is 5.75 Å². The summed E-state index contributed by atoms with van der Waals surface area (Å²) in [7, 11) is 5.59. The van der Waals surface area contributed by atoms with Gasteiger partial charge in [-0.2, -0.15) is 0 Å². The molecule has 216 valence electrons. The van der Waals surface area contributed by atoms with Crippen LogP contribution in [0.3, 0.4) is 0 Å². The van der Waals surface area contributed by atoms with Crippen LogP contribution in [0.1, 0.15) is 27.9 Å². The van der Waals surface area contributed by atoms with E-state index in [1.54, 1.807) is 19.0 Å². The smallest absolute Gasteiger partial charge is 0.252 e. The fraction of sp³-hybridized carbons (Fsp3) is 0.375. The number of nitrogens with two attached hydrogens (primary N) is 2. The molecule has 5 rings (SSSR count). The van der Waals surface area contributed by atoms with Crippen LogP contribution in [0, 0.1) is 17.8 Å². The predicted octanol–water partition coefficient (Wildman–Crippen LogP) is 3.05. The SMILES string of the molecule is C=C1C(C(N)=O)=C(O)C(N(C)C)C2CC3Cc4c(-c5cccc(CN(C)CCN)c5)ccc(O)c4C(=O)C3=C(O)C12. The van der Waals surface area contributed by atoms with Crippen molar-refractivity contribution in [2.45, 2.75) is 25.4 Å². The standard InChI is InChI=1S/C32H38N4O5/c1-16-24-22(28(35(2)3)31(40)25(16)32(34)41)14-19-13-21-20(8-9-23(37)27(21)30(39)26(19)29(24)38)18-7-5-6-17(12-18)15-36(4)11-10-33/h5-9,12,19,22,24,28,37-38,40H,1,10-11,13-15,33H2,2-4H3,(H2,34,41). The lowest BCUT2D eigenvalue weighted by Crippen LogP contribution is -2.50. The second kappa shape index (κ2) is 10.8. The first-order valence-electron chi connectivity index (χ1n) is 13.8. The monoisotopic (exact) mass is 558 g/mol. The van der Waals surface area contributed by atoms with Gasteiger partial charge >= 0.3 is 0 Å². The van der Waals surface area contributed by atoms with Gasteiger partial charge in [0.15, 0.2) is 5.78 Å². The first kappa shape index (κ1) is 28.6. The van der Waals surface area contributed by atoms with Gasteiger partial charge in [0.2, 0.25) is 0 Å². The summed E-state index contributed by atoms with van der Waals surface area (Å²) < 4.78 is 0. The Balaban J connectivity index is 1.61. The molecule has 2 aromatic carbocycles. The zero-order valence-electron chi connectivity index (χ0n) is 23.7. The highest BCUT2D eigenvalue weighted by molar-refractivity contribution is 6.14. The highest BCUT2D eigenvalue weighted by Gasteiger charge is 2.52. The first-order chi connectivity index (χ1) is 19.5. The third-order valence-corrected chi connectivity index (χ3v) is 8.82. The van der Waals surface area contributed by atoms with Crippen LogP contribution in [0.4, 0.5) is 0 Å². The number of hydrogen-bond donors (Lipinski definition) is 5. The van der Waals surface area contributed by atoms with Gasteiger partial charge < -0.3 is 31.7 Å². The Kier molecular flexibility index (Phi) is 7.54. The summed E-state index contributed by atoms with van der Waals surface area (Å²) in [5.74, 6) is -3.19. The van der Waals surface area contributed by atoms with Crippen molar-refractivity contribution in [2.75, 3.05) is 34.2 Å². The number of benzene rings is 2. The van der Waals surface area contributed by atoms with E-state index in [1.165, 1.54) is 6.07 Å². The average Bonchev–Trinajstić information content (AvgIpc) is 2.88. The lowest BCUT2D eigenvalue weighted by Gasteiger charge is -2.47. The zero-order chi connectivity index (χ0) is 29.7. The van der Waals surface area contributed by atoms with E-state index in [1.807, 2.05) is 31.3 Å². The molecule has 41 heavy (non-hydrogen) atoms. The van der Waals surface area contributed by atoms with Gasteiger partial charge in [0, 0.05) is 31.1 Å². The molecular weight excluding hydrogens is 520 g/mol. The van der Waals surface area contributed by atoms with E-state index in [4.69, 9.17) is 11.5 Å². The molecular formula is C32H38N4O5. The average molecular weight is 559 g/mol. The first-order valence-corrected chi connectivity index (χ1v) is 13.8. The molecule has 7 N–H and O–H groups in total. The predicted molar refractivity (Wildman–Crippen MR) is 157 cm³/mol. The topological polar surface area (TPSA) is 153 Å². The molecule has 9 nitrogen and oxygen atoms in total. The van der Waals surface area contributed by atoms with Crippen molar-refractivity contribution in [2.24, 2.45) is 29.2 Å². The minimum Gasteiger partial charge on any atom is -0.511 e. The Morgan fingerprint density at radius 2 is 1.83 bits per heavy atom. The van der Waals surface area contributed by atoms with Gasteiger partial charge in [-0.05, 0) is 85.8 Å². The number of likely N-dealkylation sites (N-methyl/N-ethyl adjacent to an activating group) is 2. The minimum atomic E-state index is -0.836. The molecule has 3 aliphatic carbocycles. The molecule has 2 aromatic rings. The fourth-order valence-electron chi connectivity index (χ4n) is 7.17. The maximum Gasteiger partial charge on any atom is 0.252 e. The molecule has 0 spiro atoms. The van der Waals surface area contributed by atoms with E-state index in [0.717, 1.165) is 35.3 Å². The molecule has 3 aliphatic rings. The number of aliphatic hydroxyl groups is 2. The van der Waals surface area contributed by atoms with Crippen molar-refractivity contribution in [3.8, 4) is 16.9 Å². The van der Waals surface area contributed by atoms with Gasteiger partial charge in [0.25, 0.3) is 5.91 Å². The summed E-state index contributed by atoms with van der Waals surface area (Å²) in [6.45, 7) is 6.06. The lowest BCUT2D eigenvalue weighted by molar-refractivity contribution is -0.114. The number of phenols is 1. The number of hydrogen-bond acceptors (Lipinski definition) is 8. The van der Waals surface area contributed by atoms with Crippen LogP contribution in [-0.2, 0) is 17.8 Å². The van der Waals surface area contributed by atoms with Gasteiger partial charge in [-0.3, -0.25) is 14.5 Å². The quantitative estimate of drug-likeness (QED) is 0.348. The van der Waals surface area contributed by atoms with E-state index in [9.17, 15) is 24.9 Å². The molecule has 0 bridgehead atoms. The molecule has 0 radical (unpaired) electrons. The third-order valence-electron chi connectivity index (χ3n) is 8.82. The van der Waals surface area contributed by atoms with E-state index in [2.05, 4.69) is 17.5 Å². The molecule has 0 aliphatic heterocycles. The molecule has 9 heteroatoms. The van der Waals surface area contributed by atoms with Crippen LogP contribution in [0.2, 0.25) is 0 Å². The largest absolute Gasteiger partial charge is 0.511 e.